The summed E-state index contributed by atoms with van der Waals surface area (Å²) in [6.45, 7) is 11.5. The van der Waals surface area contributed by atoms with Gasteiger partial charge in [-0.05, 0) is 48.0 Å². The van der Waals surface area contributed by atoms with Crippen LogP contribution in [0.1, 0.15) is 16.7 Å². The first-order valence-electron chi connectivity index (χ1n) is 6.93. The number of hydrogen-bond acceptors (Lipinski definition) is 1. The van der Waals surface area contributed by atoms with E-state index in [2.05, 4.69) is 62.6 Å². The molecule has 0 aliphatic heterocycles. The van der Waals surface area contributed by atoms with Gasteiger partial charge in [-0.3, -0.25) is 0 Å². The van der Waals surface area contributed by atoms with E-state index in [9.17, 15) is 0 Å². The second kappa shape index (κ2) is 6.20. The third-order valence-corrected chi connectivity index (χ3v) is 4.08. The summed E-state index contributed by atoms with van der Waals surface area (Å²) in [7, 11) is -1.47. The summed E-state index contributed by atoms with van der Waals surface area (Å²) in [6.07, 6.45) is 0. The molecule has 0 atom stereocenters. The first-order chi connectivity index (χ1) is 9.46. The zero-order valence-electron chi connectivity index (χ0n) is 12.5. The Morgan fingerprint density at radius 1 is 0.950 bits per heavy atom. The van der Waals surface area contributed by atoms with Crippen LogP contribution in [0.3, 0.4) is 0 Å². The Bertz CT molecular complexity index is 582. The molecule has 1 nitrogen and oxygen atoms in total. The molecule has 20 heavy (non-hydrogen) atoms. The van der Waals surface area contributed by atoms with E-state index >= 15 is 0 Å². The molecular formula is C18H22OSi. The molecule has 0 bridgehead atoms. The Labute approximate surface area is 123 Å². The monoisotopic (exact) mass is 282 g/mol. The van der Waals surface area contributed by atoms with Gasteiger partial charge in [-0.15, -0.1) is 0 Å². The maximum Gasteiger partial charge on any atom is 0.184 e. The molecule has 0 saturated carbocycles. The Balaban J connectivity index is 2.16. The summed E-state index contributed by atoms with van der Waals surface area (Å²) in [4.78, 5) is 0. The average Bonchev–Trinajstić information content (AvgIpc) is 2.45. The van der Waals surface area contributed by atoms with Crippen molar-refractivity contribution in [3.05, 3.63) is 77.9 Å². The lowest BCUT2D eigenvalue weighted by molar-refractivity contribution is 0.299. The summed E-state index contributed by atoms with van der Waals surface area (Å²) >= 11 is 0. The molecule has 0 heterocycles. The molecule has 0 aliphatic rings. The standard InChI is InChI=1S/C18H22OSi/c1-15(17-10-6-5-7-11-17)18-12-8-9-16(13-18)14-19-20(2,3)4/h5-13H,1,14H2,2-4H3. The number of hydrogen-bond donors (Lipinski definition) is 0. The van der Waals surface area contributed by atoms with Crippen molar-refractivity contribution in [1.29, 1.82) is 0 Å². The summed E-state index contributed by atoms with van der Waals surface area (Å²) in [5, 5.41) is 0. The van der Waals surface area contributed by atoms with Gasteiger partial charge in [-0.2, -0.15) is 0 Å². The molecule has 0 aromatic heterocycles. The van der Waals surface area contributed by atoms with Gasteiger partial charge in [0.1, 0.15) is 0 Å². The van der Waals surface area contributed by atoms with Crippen LogP contribution < -0.4 is 0 Å². The molecule has 2 rings (SSSR count). The molecular weight excluding hydrogens is 260 g/mol. The van der Waals surface area contributed by atoms with Crippen LogP contribution in [-0.4, -0.2) is 8.32 Å². The van der Waals surface area contributed by atoms with E-state index < -0.39 is 8.32 Å². The lowest BCUT2D eigenvalue weighted by Crippen LogP contribution is -2.24. The van der Waals surface area contributed by atoms with E-state index in [1.807, 2.05) is 18.2 Å². The highest BCUT2D eigenvalue weighted by Crippen LogP contribution is 2.22. The molecule has 0 N–H and O–H groups in total. The van der Waals surface area contributed by atoms with Crippen LogP contribution in [-0.2, 0) is 11.0 Å². The van der Waals surface area contributed by atoms with Gasteiger partial charge < -0.3 is 4.43 Å². The smallest absolute Gasteiger partial charge is 0.184 e. The molecule has 0 amide bonds. The van der Waals surface area contributed by atoms with E-state index in [-0.39, 0.29) is 0 Å². The van der Waals surface area contributed by atoms with Gasteiger partial charge in [0.2, 0.25) is 0 Å². The summed E-state index contributed by atoms with van der Waals surface area (Å²) in [5.41, 5.74) is 4.59. The van der Waals surface area contributed by atoms with Gasteiger partial charge in [-0.1, -0.05) is 55.1 Å². The Kier molecular flexibility index (Phi) is 4.58. The SMILES string of the molecule is C=C(c1ccccc1)c1cccc(CO[Si](C)(C)C)c1. The van der Waals surface area contributed by atoms with Gasteiger partial charge in [0.25, 0.3) is 0 Å². The van der Waals surface area contributed by atoms with Crippen LogP contribution in [0.25, 0.3) is 5.57 Å². The van der Waals surface area contributed by atoms with E-state index in [0.717, 1.165) is 16.7 Å². The molecule has 0 saturated heterocycles. The molecule has 0 unspecified atom stereocenters. The quantitative estimate of drug-likeness (QED) is 0.693. The normalized spacial score (nSPS) is 11.3. The largest absolute Gasteiger partial charge is 0.413 e. The molecule has 0 fully saturated rings. The van der Waals surface area contributed by atoms with Crippen molar-refractivity contribution in [1.82, 2.24) is 0 Å². The Hall–Kier alpha value is -1.64. The minimum atomic E-state index is -1.47. The second-order valence-electron chi connectivity index (χ2n) is 5.95. The molecule has 0 radical (unpaired) electrons. The fourth-order valence-corrected chi connectivity index (χ4v) is 2.55. The predicted octanol–water partition coefficient (Wildman–Crippen LogP) is 5.10. The molecule has 2 aromatic carbocycles. The van der Waals surface area contributed by atoms with Crippen LogP contribution >= 0.6 is 0 Å². The summed E-state index contributed by atoms with van der Waals surface area (Å²) < 4.78 is 5.97. The highest BCUT2D eigenvalue weighted by atomic mass is 28.4. The maximum absolute atomic E-state index is 5.97. The van der Waals surface area contributed by atoms with E-state index in [4.69, 9.17) is 4.43 Å². The predicted molar refractivity (Wildman–Crippen MR) is 89.2 cm³/mol. The number of rotatable bonds is 5. The lowest BCUT2D eigenvalue weighted by Gasteiger charge is -2.17. The van der Waals surface area contributed by atoms with Gasteiger partial charge in [0.15, 0.2) is 8.32 Å². The van der Waals surface area contributed by atoms with Crippen LogP contribution in [0.5, 0.6) is 0 Å². The first-order valence-corrected chi connectivity index (χ1v) is 10.3. The molecule has 104 valence electrons. The minimum Gasteiger partial charge on any atom is -0.413 e. The highest BCUT2D eigenvalue weighted by Gasteiger charge is 2.14. The summed E-state index contributed by atoms with van der Waals surface area (Å²) in [6, 6.07) is 18.8. The topological polar surface area (TPSA) is 9.23 Å². The van der Waals surface area contributed by atoms with E-state index in [1.165, 1.54) is 5.56 Å². The minimum absolute atomic E-state index is 0.686. The van der Waals surface area contributed by atoms with Gasteiger partial charge >= 0.3 is 0 Å². The molecule has 2 aromatic rings. The molecule has 0 aliphatic carbocycles. The zero-order valence-corrected chi connectivity index (χ0v) is 13.5. The van der Waals surface area contributed by atoms with Crippen LogP contribution in [0, 0.1) is 0 Å². The van der Waals surface area contributed by atoms with Crippen molar-refractivity contribution in [3.8, 4) is 0 Å². The van der Waals surface area contributed by atoms with Gasteiger partial charge in [0, 0.05) is 0 Å². The van der Waals surface area contributed by atoms with Crippen LogP contribution in [0.15, 0.2) is 61.2 Å². The van der Waals surface area contributed by atoms with Crippen molar-refractivity contribution in [2.75, 3.05) is 0 Å². The lowest BCUT2D eigenvalue weighted by atomic mass is 9.98. The van der Waals surface area contributed by atoms with E-state index in [0.29, 0.717) is 6.61 Å². The maximum atomic E-state index is 5.97. The van der Waals surface area contributed by atoms with E-state index in [1.54, 1.807) is 0 Å². The fourth-order valence-electron chi connectivity index (χ4n) is 1.95. The second-order valence-corrected chi connectivity index (χ2v) is 10.5. The van der Waals surface area contributed by atoms with Crippen molar-refractivity contribution in [3.63, 3.8) is 0 Å². The third-order valence-electron chi connectivity index (χ3n) is 3.07. The Morgan fingerprint density at radius 2 is 1.60 bits per heavy atom. The summed E-state index contributed by atoms with van der Waals surface area (Å²) in [5.74, 6) is 0. The fraction of sp³-hybridized carbons (Fsp3) is 0.222. The molecule has 0 spiro atoms. The van der Waals surface area contributed by atoms with Crippen molar-refractivity contribution >= 4 is 13.9 Å². The van der Waals surface area contributed by atoms with Gasteiger partial charge in [-0.25, -0.2) is 0 Å². The average molecular weight is 282 g/mol. The van der Waals surface area contributed by atoms with Crippen molar-refractivity contribution < 1.29 is 4.43 Å². The first kappa shape index (κ1) is 14.8. The van der Waals surface area contributed by atoms with Crippen molar-refractivity contribution in [2.45, 2.75) is 26.2 Å². The molecule has 2 heteroatoms. The Morgan fingerprint density at radius 3 is 2.25 bits per heavy atom. The highest BCUT2D eigenvalue weighted by molar-refractivity contribution is 6.69. The van der Waals surface area contributed by atoms with Crippen LogP contribution in [0.2, 0.25) is 19.6 Å². The van der Waals surface area contributed by atoms with Gasteiger partial charge in [0.05, 0.1) is 6.61 Å². The van der Waals surface area contributed by atoms with Crippen molar-refractivity contribution in [2.24, 2.45) is 0 Å². The number of benzene rings is 2. The third kappa shape index (κ3) is 4.19. The van der Waals surface area contributed by atoms with Crippen LogP contribution in [0.4, 0.5) is 0 Å². The zero-order chi connectivity index (χ0) is 14.6.